The lowest BCUT2D eigenvalue weighted by atomic mass is 9.96. The van der Waals surface area contributed by atoms with E-state index in [-0.39, 0.29) is 11.3 Å². The fourth-order valence-electron chi connectivity index (χ4n) is 1.99. The lowest BCUT2D eigenvalue weighted by Crippen LogP contribution is -2.43. The van der Waals surface area contributed by atoms with Crippen LogP contribution in [0.1, 0.15) is 37.3 Å². The van der Waals surface area contributed by atoms with Gasteiger partial charge in [0.05, 0.1) is 12.2 Å². The maximum Gasteiger partial charge on any atom is 0.275 e. The van der Waals surface area contributed by atoms with Crippen LogP contribution in [0.5, 0.6) is 0 Å². The van der Waals surface area contributed by atoms with Gasteiger partial charge >= 0.3 is 0 Å². The Morgan fingerprint density at radius 1 is 1.56 bits per heavy atom. The molecular formula is C12H21N5O. The Hall–Kier alpha value is -1.43. The van der Waals surface area contributed by atoms with Crippen molar-refractivity contribution in [2.45, 2.75) is 26.8 Å². The Morgan fingerprint density at radius 2 is 2.22 bits per heavy atom. The molecule has 100 valence electrons. The number of amides is 1. The van der Waals surface area contributed by atoms with E-state index in [0.29, 0.717) is 18.3 Å². The zero-order valence-corrected chi connectivity index (χ0v) is 11.5. The Kier molecular flexibility index (Phi) is 3.38. The van der Waals surface area contributed by atoms with Gasteiger partial charge in [-0.2, -0.15) is 0 Å². The third-order valence-corrected chi connectivity index (χ3v) is 2.92. The largest absolute Gasteiger partial charge is 0.340 e. The van der Waals surface area contributed by atoms with Crippen molar-refractivity contribution in [3.8, 4) is 0 Å². The van der Waals surface area contributed by atoms with E-state index >= 15 is 0 Å². The summed E-state index contributed by atoms with van der Waals surface area (Å²) in [4.78, 5) is 13.9. The van der Waals surface area contributed by atoms with Crippen molar-refractivity contribution in [3.63, 3.8) is 0 Å². The number of carbonyl (C=O) groups excluding carboxylic acids is 1. The van der Waals surface area contributed by atoms with Gasteiger partial charge in [-0.25, -0.2) is 4.68 Å². The van der Waals surface area contributed by atoms with Crippen molar-refractivity contribution in [3.05, 3.63) is 11.9 Å². The first-order valence-electron chi connectivity index (χ1n) is 6.25. The van der Waals surface area contributed by atoms with Crippen molar-refractivity contribution in [1.82, 2.24) is 25.2 Å². The summed E-state index contributed by atoms with van der Waals surface area (Å²) in [5.74, 6) is -0.0662. The molecule has 1 aromatic heterocycles. The highest BCUT2D eigenvalue weighted by molar-refractivity contribution is 5.91. The molecule has 1 amide bonds. The number of aromatic nitrogens is 3. The van der Waals surface area contributed by atoms with Gasteiger partial charge in [0.1, 0.15) is 0 Å². The van der Waals surface area contributed by atoms with Crippen LogP contribution in [0, 0.1) is 5.41 Å². The van der Waals surface area contributed by atoms with Gasteiger partial charge < -0.3 is 10.2 Å². The van der Waals surface area contributed by atoms with Crippen molar-refractivity contribution >= 4 is 5.91 Å². The van der Waals surface area contributed by atoms with Crippen molar-refractivity contribution in [2.75, 3.05) is 26.7 Å². The summed E-state index contributed by atoms with van der Waals surface area (Å²) in [7, 11) is 1.80. The molecule has 1 aromatic rings. The lowest BCUT2D eigenvalue weighted by Gasteiger charge is -2.27. The molecular weight excluding hydrogens is 230 g/mol. The summed E-state index contributed by atoms with van der Waals surface area (Å²) in [6.07, 6.45) is 1.74. The summed E-state index contributed by atoms with van der Waals surface area (Å²) in [6, 6.07) is 0.340. The second-order valence-corrected chi connectivity index (χ2v) is 6.12. The van der Waals surface area contributed by atoms with Gasteiger partial charge in [-0.1, -0.05) is 26.0 Å². The first-order valence-corrected chi connectivity index (χ1v) is 6.25. The van der Waals surface area contributed by atoms with Gasteiger partial charge in [0.15, 0.2) is 5.69 Å². The van der Waals surface area contributed by atoms with Crippen LogP contribution >= 0.6 is 0 Å². The topological polar surface area (TPSA) is 63.1 Å². The summed E-state index contributed by atoms with van der Waals surface area (Å²) >= 11 is 0. The number of rotatable bonds is 3. The molecule has 1 fully saturated rings. The van der Waals surface area contributed by atoms with Crippen LogP contribution < -0.4 is 5.32 Å². The van der Waals surface area contributed by atoms with Gasteiger partial charge in [-0.05, 0) is 5.41 Å². The molecule has 1 saturated heterocycles. The highest BCUT2D eigenvalue weighted by Crippen LogP contribution is 2.16. The quantitative estimate of drug-likeness (QED) is 0.851. The molecule has 0 spiro atoms. The van der Waals surface area contributed by atoms with Crippen molar-refractivity contribution in [2.24, 2.45) is 5.41 Å². The van der Waals surface area contributed by atoms with Crippen LogP contribution in [0.25, 0.3) is 0 Å². The minimum Gasteiger partial charge on any atom is -0.340 e. The average Bonchev–Trinajstić information content (AvgIpc) is 2.60. The second-order valence-electron chi connectivity index (χ2n) is 6.12. The molecule has 1 N–H and O–H groups in total. The first-order chi connectivity index (χ1) is 8.37. The molecule has 0 bridgehead atoms. The van der Waals surface area contributed by atoms with Gasteiger partial charge in [-0.15, -0.1) is 5.10 Å². The van der Waals surface area contributed by atoms with Gasteiger partial charge in [0, 0.05) is 26.7 Å². The zero-order chi connectivity index (χ0) is 13.3. The third-order valence-electron chi connectivity index (χ3n) is 2.92. The Balaban J connectivity index is 2.01. The second kappa shape index (κ2) is 4.68. The fourth-order valence-corrected chi connectivity index (χ4v) is 1.99. The number of carbonyl (C=O) groups is 1. The summed E-state index contributed by atoms with van der Waals surface area (Å²) < 4.78 is 1.77. The third kappa shape index (κ3) is 2.87. The van der Waals surface area contributed by atoms with Crippen molar-refractivity contribution in [1.29, 1.82) is 0 Å². The number of hydrogen-bond acceptors (Lipinski definition) is 4. The molecule has 1 aliphatic heterocycles. The number of nitrogens with one attached hydrogen (secondary N) is 1. The average molecular weight is 251 g/mol. The van der Waals surface area contributed by atoms with E-state index < -0.39 is 0 Å². The van der Waals surface area contributed by atoms with E-state index in [2.05, 4.69) is 36.4 Å². The predicted molar refractivity (Wildman–Crippen MR) is 68.3 cm³/mol. The highest BCUT2D eigenvalue weighted by Gasteiger charge is 2.24. The van der Waals surface area contributed by atoms with Crippen LogP contribution in [-0.2, 0) is 0 Å². The standard InChI is InChI=1S/C12H21N5O/c1-12(2,3)8-16(4)11(18)10-7-17(15-14-10)9-5-13-6-9/h7,9,13H,5-6,8H2,1-4H3. The monoisotopic (exact) mass is 251 g/mol. The SMILES string of the molecule is CN(CC(C)(C)C)C(=O)c1cn(C2CNC2)nn1. The molecule has 18 heavy (non-hydrogen) atoms. The molecule has 2 rings (SSSR count). The Bertz CT molecular complexity index is 430. The first kappa shape index (κ1) is 13.0. The normalized spacial score (nSPS) is 16.4. The lowest BCUT2D eigenvalue weighted by molar-refractivity contribution is 0.0739. The number of hydrogen-bond donors (Lipinski definition) is 1. The van der Waals surface area contributed by atoms with E-state index in [4.69, 9.17) is 0 Å². The van der Waals surface area contributed by atoms with E-state index in [1.165, 1.54) is 0 Å². The van der Waals surface area contributed by atoms with Crippen LogP contribution in [0.2, 0.25) is 0 Å². The van der Waals surface area contributed by atoms with Crippen LogP contribution in [-0.4, -0.2) is 52.5 Å². The maximum atomic E-state index is 12.2. The summed E-state index contributed by atoms with van der Waals surface area (Å²) in [6.45, 7) is 8.81. The summed E-state index contributed by atoms with van der Waals surface area (Å²) in [5.41, 5.74) is 0.506. The van der Waals surface area contributed by atoms with Gasteiger partial charge in [0.25, 0.3) is 5.91 Å². The molecule has 2 heterocycles. The van der Waals surface area contributed by atoms with E-state index in [1.54, 1.807) is 22.8 Å². The molecule has 0 saturated carbocycles. The highest BCUT2D eigenvalue weighted by atomic mass is 16.2. The van der Waals surface area contributed by atoms with E-state index in [1.807, 2.05) is 0 Å². The smallest absolute Gasteiger partial charge is 0.275 e. The Labute approximate surface area is 107 Å². The van der Waals surface area contributed by atoms with Gasteiger partial charge in [-0.3, -0.25) is 4.79 Å². The predicted octanol–water partition coefficient (Wildman–Crippen LogP) is 0.540. The molecule has 6 nitrogen and oxygen atoms in total. The minimum absolute atomic E-state index is 0.0662. The number of nitrogens with zero attached hydrogens (tertiary/aromatic N) is 4. The molecule has 0 aliphatic carbocycles. The minimum atomic E-state index is -0.0662. The Morgan fingerprint density at radius 3 is 2.72 bits per heavy atom. The molecule has 0 atom stereocenters. The van der Waals surface area contributed by atoms with Gasteiger partial charge in [0.2, 0.25) is 0 Å². The summed E-state index contributed by atoms with van der Waals surface area (Å²) in [5, 5.41) is 11.1. The van der Waals surface area contributed by atoms with Crippen LogP contribution in [0.4, 0.5) is 0 Å². The molecule has 0 unspecified atom stereocenters. The van der Waals surface area contributed by atoms with Crippen LogP contribution in [0.15, 0.2) is 6.20 Å². The van der Waals surface area contributed by atoms with Crippen LogP contribution in [0.3, 0.4) is 0 Å². The molecule has 0 aromatic carbocycles. The molecule has 6 heteroatoms. The van der Waals surface area contributed by atoms with E-state index in [9.17, 15) is 4.79 Å². The zero-order valence-electron chi connectivity index (χ0n) is 11.5. The van der Waals surface area contributed by atoms with E-state index in [0.717, 1.165) is 13.1 Å². The molecule has 0 radical (unpaired) electrons. The fraction of sp³-hybridized carbons (Fsp3) is 0.750. The van der Waals surface area contributed by atoms with Crippen molar-refractivity contribution < 1.29 is 4.79 Å². The maximum absolute atomic E-state index is 12.2. The molecule has 1 aliphatic rings.